The summed E-state index contributed by atoms with van der Waals surface area (Å²) in [6, 6.07) is 5.32. The summed E-state index contributed by atoms with van der Waals surface area (Å²) in [7, 11) is 2.70. The van der Waals surface area contributed by atoms with Crippen molar-refractivity contribution >= 4 is 40.9 Å². The summed E-state index contributed by atoms with van der Waals surface area (Å²) in [5.74, 6) is -1.58. The minimum atomic E-state index is -0.833. The van der Waals surface area contributed by atoms with Gasteiger partial charge < -0.3 is 10.1 Å². The van der Waals surface area contributed by atoms with Crippen LogP contribution < -0.4 is 16.6 Å². The number of hydrogen-bond acceptors (Lipinski definition) is 5. The zero-order valence-corrected chi connectivity index (χ0v) is 14.7. The van der Waals surface area contributed by atoms with Crippen molar-refractivity contribution in [1.29, 1.82) is 0 Å². The van der Waals surface area contributed by atoms with E-state index in [1.54, 1.807) is 0 Å². The molecule has 0 unspecified atom stereocenters. The fourth-order valence-corrected chi connectivity index (χ4v) is 2.26. The molecule has 0 atom stereocenters. The smallest absolute Gasteiger partial charge is 0.340 e. The van der Waals surface area contributed by atoms with Crippen LogP contribution in [-0.4, -0.2) is 27.6 Å². The Balaban J connectivity index is 2.07. The van der Waals surface area contributed by atoms with Gasteiger partial charge in [-0.05, 0) is 18.2 Å². The van der Waals surface area contributed by atoms with Gasteiger partial charge in [-0.25, -0.2) is 9.59 Å². The summed E-state index contributed by atoms with van der Waals surface area (Å²) >= 11 is 11.7. The van der Waals surface area contributed by atoms with Crippen molar-refractivity contribution in [3.63, 3.8) is 0 Å². The van der Waals surface area contributed by atoms with Crippen molar-refractivity contribution in [1.82, 2.24) is 9.13 Å². The van der Waals surface area contributed by atoms with Crippen LogP contribution in [0.5, 0.6) is 0 Å². The molecule has 1 N–H and O–H groups in total. The maximum absolute atomic E-state index is 11.9. The first kappa shape index (κ1) is 18.8. The number of benzene rings is 1. The van der Waals surface area contributed by atoms with E-state index in [0.29, 0.717) is 0 Å². The van der Waals surface area contributed by atoms with Crippen LogP contribution in [0.25, 0.3) is 0 Å². The molecule has 2 rings (SSSR count). The molecule has 0 spiro atoms. The minimum absolute atomic E-state index is 0.0166. The lowest BCUT2D eigenvalue weighted by atomic mass is 10.2. The number of hydrogen-bond donors (Lipinski definition) is 1. The van der Waals surface area contributed by atoms with Crippen molar-refractivity contribution in [3.8, 4) is 0 Å². The van der Waals surface area contributed by atoms with Crippen molar-refractivity contribution in [2.45, 2.75) is 0 Å². The average molecular weight is 386 g/mol. The molecule has 1 heterocycles. The molecule has 0 aliphatic heterocycles. The lowest BCUT2D eigenvalue weighted by molar-refractivity contribution is -0.119. The number of aromatic nitrogens is 2. The lowest BCUT2D eigenvalue weighted by Gasteiger charge is -2.11. The Bertz CT molecular complexity index is 965. The number of carbonyl (C=O) groups excluding carboxylic acids is 2. The van der Waals surface area contributed by atoms with Gasteiger partial charge in [-0.3, -0.25) is 18.7 Å². The molecule has 10 heteroatoms. The molecule has 0 fully saturated rings. The van der Waals surface area contributed by atoms with Gasteiger partial charge in [0.2, 0.25) is 0 Å². The van der Waals surface area contributed by atoms with Crippen molar-refractivity contribution < 1.29 is 14.3 Å². The highest BCUT2D eigenvalue weighted by Gasteiger charge is 2.15. The summed E-state index contributed by atoms with van der Waals surface area (Å²) in [5.41, 5.74) is -1.17. The molecule has 0 bridgehead atoms. The molecular formula is C15H13Cl2N3O5. The summed E-state index contributed by atoms with van der Waals surface area (Å²) in [4.78, 5) is 47.2. The van der Waals surface area contributed by atoms with Crippen LogP contribution in [0.2, 0.25) is 10.0 Å². The van der Waals surface area contributed by atoms with Crippen LogP contribution in [-0.2, 0) is 23.6 Å². The summed E-state index contributed by atoms with van der Waals surface area (Å²) in [6.07, 6.45) is 0. The number of esters is 1. The fourth-order valence-electron chi connectivity index (χ4n) is 1.89. The number of amides is 1. The summed E-state index contributed by atoms with van der Waals surface area (Å²) in [5, 5.41) is 2.74. The van der Waals surface area contributed by atoms with Gasteiger partial charge >= 0.3 is 11.7 Å². The normalized spacial score (nSPS) is 10.4. The van der Waals surface area contributed by atoms with Crippen molar-refractivity contribution in [2.24, 2.45) is 14.1 Å². The summed E-state index contributed by atoms with van der Waals surface area (Å²) < 4.78 is 6.82. The van der Waals surface area contributed by atoms with Crippen LogP contribution in [0, 0.1) is 0 Å². The molecule has 0 aliphatic rings. The van der Waals surface area contributed by atoms with E-state index in [9.17, 15) is 19.2 Å². The van der Waals surface area contributed by atoms with Crippen molar-refractivity contribution in [2.75, 3.05) is 11.9 Å². The highest BCUT2D eigenvalue weighted by molar-refractivity contribution is 6.35. The highest BCUT2D eigenvalue weighted by Crippen LogP contribution is 2.21. The number of ether oxygens (including phenoxy) is 1. The molecule has 0 saturated heterocycles. The van der Waals surface area contributed by atoms with Crippen LogP contribution >= 0.6 is 23.2 Å². The van der Waals surface area contributed by atoms with E-state index in [0.717, 1.165) is 15.2 Å². The van der Waals surface area contributed by atoms with Crippen molar-refractivity contribution in [3.05, 3.63) is 60.7 Å². The average Bonchev–Trinajstić information content (AvgIpc) is 2.57. The third-order valence-corrected chi connectivity index (χ3v) is 3.84. The Morgan fingerprint density at radius 1 is 1.12 bits per heavy atom. The van der Waals surface area contributed by atoms with E-state index < -0.39 is 29.7 Å². The van der Waals surface area contributed by atoms with Crippen LogP contribution in [0.1, 0.15) is 10.4 Å². The number of carbonyl (C=O) groups is 2. The Hall–Kier alpha value is -2.58. The van der Waals surface area contributed by atoms with Gasteiger partial charge in [0.1, 0.15) is 5.82 Å². The molecule has 8 nitrogen and oxygen atoms in total. The Morgan fingerprint density at radius 2 is 1.80 bits per heavy atom. The monoisotopic (exact) mass is 385 g/mol. The minimum Gasteiger partial charge on any atom is -0.452 e. The van der Waals surface area contributed by atoms with Gasteiger partial charge in [-0.15, -0.1) is 0 Å². The molecule has 0 aliphatic carbocycles. The predicted octanol–water partition coefficient (Wildman–Crippen LogP) is 1.19. The molecule has 25 heavy (non-hydrogen) atoms. The highest BCUT2D eigenvalue weighted by atomic mass is 35.5. The predicted molar refractivity (Wildman–Crippen MR) is 92.3 cm³/mol. The molecule has 0 saturated carbocycles. The first-order valence-electron chi connectivity index (χ1n) is 6.90. The Morgan fingerprint density at radius 3 is 2.48 bits per heavy atom. The maximum Gasteiger partial charge on any atom is 0.340 e. The maximum atomic E-state index is 11.9. The zero-order valence-electron chi connectivity index (χ0n) is 13.2. The first-order chi connectivity index (χ1) is 11.7. The van der Waals surface area contributed by atoms with Crippen LogP contribution in [0.4, 0.5) is 5.82 Å². The van der Waals surface area contributed by atoms with Gasteiger partial charge in [0.15, 0.2) is 6.61 Å². The molecular weight excluding hydrogens is 373 g/mol. The first-order valence-corrected chi connectivity index (χ1v) is 7.65. The van der Waals surface area contributed by atoms with Gasteiger partial charge in [0, 0.05) is 25.2 Å². The molecule has 0 radical (unpaired) electrons. The number of halogens is 2. The van der Waals surface area contributed by atoms with E-state index in [4.69, 9.17) is 27.9 Å². The molecule has 1 amide bonds. The van der Waals surface area contributed by atoms with Gasteiger partial charge in [0.25, 0.3) is 11.5 Å². The van der Waals surface area contributed by atoms with Gasteiger partial charge in [-0.2, -0.15) is 0 Å². The van der Waals surface area contributed by atoms with E-state index in [-0.39, 0.29) is 21.4 Å². The van der Waals surface area contributed by atoms with E-state index >= 15 is 0 Å². The van der Waals surface area contributed by atoms with Gasteiger partial charge in [0.05, 0.1) is 10.6 Å². The number of rotatable bonds is 4. The standard InChI is InChI=1S/C15H13Cl2N3O5/c1-19-11(6-13(22)20(2)15(19)24)18-12(21)7-25-14(23)9-5-8(16)3-4-10(9)17/h3-6H,7H2,1-2H3,(H,18,21). The molecule has 2 aromatic rings. The number of anilines is 1. The Kier molecular flexibility index (Phi) is 5.66. The lowest BCUT2D eigenvalue weighted by Crippen LogP contribution is -2.38. The zero-order chi connectivity index (χ0) is 18.7. The second-order valence-corrected chi connectivity index (χ2v) is 5.86. The van der Waals surface area contributed by atoms with Crippen LogP contribution in [0.15, 0.2) is 33.9 Å². The third-order valence-electron chi connectivity index (χ3n) is 3.28. The molecule has 132 valence electrons. The Labute approximate surface area is 151 Å². The SMILES string of the molecule is Cn1c(NC(=O)COC(=O)c2cc(Cl)ccc2Cl)cc(=O)n(C)c1=O. The largest absolute Gasteiger partial charge is 0.452 e. The fraction of sp³-hybridized carbons (Fsp3) is 0.200. The van der Waals surface area contributed by atoms with E-state index in [2.05, 4.69) is 5.32 Å². The second-order valence-electron chi connectivity index (χ2n) is 5.02. The number of nitrogens with one attached hydrogen (secondary N) is 1. The quantitative estimate of drug-likeness (QED) is 0.796. The third kappa shape index (κ3) is 4.28. The number of nitrogens with zero attached hydrogens (tertiary/aromatic N) is 2. The van der Waals surface area contributed by atoms with E-state index in [1.807, 2.05) is 0 Å². The van der Waals surface area contributed by atoms with Crippen LogP contribution in [0.3, 0.4) is 0 Å². The van der Waals surface area contributed by atoms with Gasteiger partial charge in [-0.1, -0.05) is 23.2 Å². The summed E-state index contributed by atoms with van der Waals surface area (Å²) in [6.45, 7) is -0.634. The topological polar surface area (TPSA) is 99.4 Å². The molecule has 1 aromatic heterocycles. The molecule has 1 aromatic carbocycles. The van der Waals surface area contributed by atoms with E-state index in [1.165, 1.54) is 32.3 Å². The second kappa shape index (κ2) is 7.54.